The molecule has 0 saturated carbocycles. The molecule has 0 aromatic heterocycles. The molecule has 1 unspecified atom stereocenters. The molecule has 1 aliphatic rings. The van der Waals surface area contributed by atoms with Crippen LogP contribution >= 0.6 is 0 Å². The molecule has 1 atom stereocenters. The maximum atomic E-state index is 12.3. The van der Waals surface area contributed by atoms with Gasteiger partial charge in [0.15, 0.2) is 6.10 Å². The van der Waals surface area contributed by atoms with Gasteiger partial charge in [-0.15, -0.1) is 0 Å². The molecule has 17 heavy (non-hydrogen) atoms. The van der Waals surface area contributed by atoms with Crippen molar-refractivity contribution in [2.45, 2.75) is 39.0 Å². The van der Waals surface area contributed by atoms with Gasteiger partial charge in [-0.25, -0.2) is 0 Å². The van der Waals surface area contributed by atoms with Crippen molar-refractivity contribution in [3.8, 4) is 0 Å². The van der Waals surface area contributed by atoms with Crippen LogP contribution in [-0.2, 0) is 0 Å². The molecular weight excluding hydrogens is 231 g/mol. The van der Waals surface area contributed by atoms with E-state index in [2.05, 4.69) is 11.0 Å². The predicted molar refractivity (Wildman–Crippen MR) is 60.7 cm³/mol. The Balaban J connectivity index is 2.38. The third-order valence-electron chi connectivity index (χ3n) is 3.17. The molecule has 2 nitrogen and oxygen atoms in total. The Kier molecular flexibility index (Phi) is 5.01. The number of alkyl halides is 3. The highest BCUT2D eigenvalue weighted by Crippen LogP contribution is 2.31. The zero-order valence-corrected chi connectivity index (χ0v) is 10.3. The molecular formula is C12H20F3NO. The number of aliphatic hydroxyl groups is 1. The molecule has 0 aromatic rings. The van der Waals surface area contributed by atoms with Crippen LogP contribution in [0.1, 0.15) is 26.7 Å². The lowest BCUT2D eigenvalue weighted by Gasteiger charge is -2.34. The van der Waals surface area contributed by atoms with Gasteiger partial charge in [0, 0.05) is 6.54 Å². The predicted octanol–water partition coefficient (Wildman–Crippen LogP) is 2.59. The molecule has 1 aliphatic heterocycles. The Labute approximate surface area is 100 Å². The van der Waals surface area contributed by atoms with Gasteiger partial charge >= 0.3 is 6.18 Å². The summed E-state index contributed by atoms with van der Waals surface area (Å²) in [5.74, 6) is -0.641. The third kappa shape index (κ3) is 4.68. The monoisotopic (exact) mass is 251 g/mol. The van der Waals surface area contributed by atoms with Crippen molar-refractivity contribution in [2.24, 2.45) is 5.92 Å². The van der Waals surface area contributed by atoms with E-state index in [0.717, 1.165) is 6.54 Å². The van der Waals surface area contributed by atoms with Gasteiger partial charge in [-0.05, 0) is 45.7 Å². The van der Waals surface area contributed by atoms with E-state index < -0.39 is 18.2 Å². The second kappa shape index (κ2) is 5.87. The van der Waals surface area contributed by atoms with Gasteiger partial charge in [0.25, 0.3) is 0 Å². The molecule has 0 radical (unpaired) electrons. The SMILES string of the molecule is CC(C)=CCN1CCC(C(O)C(F)(F)F)CC1. The van der Waals surface area contributed by atoms with E-state index in [1.54, 1.807) is 0 Å². The first-order valence-corrected chi connectivity index (χ1v) is 5.91. The fourth-order valence-corrected chi connectivity index (χ4v) is 2.03. The maximum absolute atomic E-state index is 12.3. The number of likely N-dealkylation sites (tertiary alicyclic amines) is 1. The Morgan fingerprint density at radius 3 is 2.29 bits per heavy atom. The number of allylic oxidation sites excluding steroid dienone is 1. The highest BCUT2D eigenvalue weighted by Gasteiger charge is 2.43. The standard InChI is InChI=1S/C12H20F3NO/c1-9(2)3-6-16-7-4-10(5-8-16)11(17)12(13,14)15/h3,10-11,17H,4-8H2,1-2H3. The number of aliphatic hydroxyl groups excluding tert-OH is 1. The van der Waals surface area contributed by atoms with Crippen LogP contribution in [0.15, 0.2) is 11.6 Å². The Hall–Kier alpha value is -0.550. The maximum Gasteiger partial charge on any atom is 0.414 e. The van der Waals surface area contributed by atoms with Crippen LogP contribution in [0, 0.1) is 5.92 Å². The fraction of sp³-hybridized carbons (Fsp3) is 0.833. The summed E-state index contributed by atoms with van der Waals surface area (Å²) in [6.07, 6.45) is -3.74. The smallest absolute Gasteiger partial charge is 0.383 e. The molecule has 1 N–H and O–H groups in total. The molecule has 0 aliphatic carbocycles. The number of rotatable bonds is 3. The van der Waals surface area contributed by atoms with Crippen LogP contribution in [0.5, 0.6) is 0 Å². The van der Waals surface area contributed by atoms with Crippen LogP contribution in [0.25, 0.3) is 0 Å². The zero-order valence-electron chi connectivity index (χ0n) is 10.3. The van der Waals surface area contributed by atoms with E-state index in [-0.39, 0.29) is 0 Å². The summed E-state index contributed by atoms with van der Waals surface area (Å²) in [6, 6.07) is 0. The highest BCUT2D eigenvalue weighted by molar-refractivity contribution is 4.95. The van der Waals surface area contributed by atoms with Gasteiger partial charge in [0.2, 0.25) is 0 Å². The molecule has 100 valence electrons. The van der Waals surface area contributed by atoms with Crippen LogP contribution in [0.4, 0.5) is 13.2 Å². The van der Waals surface area contributed by atoms with E-state index in [4.69, 9.17) is 5.11 Å². The molecule has 1 heterocycles. The molecule has 1 rings (SSSR count). The zero-order chi connectivity index (χ0) is 13.1. The van der Waals surface area contributed by atoms with E-state index in [1.807, 2.05) is 13.8 Å². The van der Waals surface area contributed by atoms with Crippen molar-refractivity contribution in [1.82, 2.24) is 4.90 Å². The fourth-order valence-electron chi connectivity index (χ4n) is 2.03. The summed E-state index contributed by atoms with van der Waals surface area (Å²) >= 11 is 0. The van der Waals surface area contributed by atoms with E-state index in [9.17, 15) is 13.2 Å². The molecule has 0 spiro atoms. The summed E-state index contributed by atoms with van der Waals surface area (Å²) in [5, 5.41) is 9.16. The molecule has 0 amide bonds. The minimum absolute atomic E-state index is 0.414. The van der Waals surface area contributed by atoms with E-state index in [1.165, 1.54) is 5.57 Å². The second-order valence-electron chi connectivity index (χ2n) is 4.91. The summed E-state index contributed by atoms with van der Waals surface area (Å²) < 4.78 is 36.9. The molecule has 1 saturated heterocycles. The van der Waals surface area contributed by atoms with Gasteiger partial charge in [0.1, 0.15) is 0 Å². The lowest BCUT2D eigenvalue weighted by Crippen LogP contribution is -2.43. The van der Waals surface area contributed by atoms with Crippen LogP contribution < -0.4 is 0 Å². The van der Waals surface area contributed by atoms with Crippen molar-refractivity contribution < 1.29 is 18.3 Å². The van der Waals surface area contributed by atoms with Gasteiger partial charge in [0.05, 0.1) is 0 Å². The highest BCUT2D eigenvalue weighted by atomic mass is 19.4. The largest absolute Gasteiger partial charge is 0.414 e. The average Bonchev–Trinajstić information content (AvgIpc) is 2.25. The molecule has 1 fully saturated rings. The summed E-state index contributed by atoms with van der Waals surface area (Å²) in [4.78, 5) is 2.12. The lowest BCUT2D eigenvalue weighted by atomic mass is 9.91. The van der Waals surface area contributed by atoms with Crippen molar-refractivity contribution in [3.05, 3.63) is 11.6 Å². The number of hydrogen-bond acceptors (Lipinski definition) is 2. The Bertz CT molecular complexity index is 263. The first kappa shape index (κ1) is 14.5. The first-order chi connectivity index (χ1) is 7.80. The summed E-state index contributed by atoms with van der Waals surface area (Å²) in [7, 11) is 0. The van der Waals surface area contributed by atoms with Crippen molar-refractivity contribution in [1.29, 1.82) is 0 Å². The summed E-state index contributed by atoms with van der Waals surface area (Å²) in [6.45, 7) is 6.04. The van der Waals surface area contributed by atoms with Crippen LogP contribution in [0.2, 0.25) is 0 Å². The van der Waals surface area contributed by atoms with Crippen molar-refractivity contribution >= 4 is 0 Å². The minimum Gasteiger partial charge on any atom is -0.383 e. The van der Waals surface area contributed by atoms with Crippen LogP contribution in [-0.4, -0.2) is 41.9 Å². The average molecular weight is 251 g/mol. The minimum atomic E-state index is -4.48. The van der Waals surface area contributed by atoms with Gasteiger partial charge < -0.3 is 5.11 Å². The molecule has 0 aromatic carbocycles. The van der Waals surface area contributed by atoms with Gasteiger partial charge in [-0.1, -0.05) is 11.6 Å². The Morgan fingerprint density at radius 1 is 1.35 bits per heavy atom. The first-order valence-electron chi connectivity index (χ1n) is 5.91. The van der Waals surface area contributed by atoms with Crippen molar-refractivity contribution in [2.75, 3.05) is 19.6 Å². The van der Waals surface area contributed by atoms with E-state index in [0.29, 0.717) is 25.9 Å². The van der Waals surface area contributed by atoms with Gasteiger partial charge in [-0.3, -0.25) is 4.90 Å². The number of piperidine rings is 1. The number of hydrogen-bond donors (Lipinski definition) is 1. The third-order valence-corrected chi connectivity index (χ3v) is 3.17. The topological polar surface area (TPSA) is 23.5 Å². The molecule has 0 bridgehead atoms. The van der Waals surface area contributed by atoms with Gasteiger partial charge in [-0.2, -0.15) is 13.2 Å². The normalized spacial score (nSPS) is 21.3. The van der Waals surface area contributed by atoms with Crippen LogP contribution in [0.3, 0.4) is 0 Å². The Morgan fingerprint density at radius 2 is 1.88 bits per heavy atom. The van der Waals surface area contributed by atoms with E-state index >= 15 is 0 Å². The quantitative estimate of drug-likeness (QED) is 0.779. The summed E-state index contributed by atoms with van der Waals surface area (Å²) in [5.41, 5.74) is 1.21. The number of halogens is 3. The second-order valence-corrected chi connectivity index (χ2v) is 4.91. The van der Waals surface area contributed by atoms with Crippen molar-refractivity contribution in [3.63, 3.8) is 0 Å². The number of nitrogens with zero attached hydrogens (tertiary/aromatic N) is 1. The lowest BCUT2D eigenvalue weighted by molar-refractivity contribution is -0.222. The molecule has 5 heteroatoms.